The predicted octanol–water partition coefficient (Wildman–Crippen LogP) is 3.29. The number of carbonyl (C=O) groups excluding carboxylic acids is 1. The van der Waals surface area contributed by atoms with Gasteiger partial charge in [-0.2, -0.15) is 0 Å². The van der Waals surface area contributed by atoms with E-state index in [0.29, 0.717) is 28.1 Å². The Morgan fingerprint density at radius 3 is 2.18 bits per heavy atom. The summed E-state index contributed by atoms with van der Waals surface area (Å²) in [4.78, 5) is 24.2. The van der Waals surface area contributed by atoms with Gasteiger partial charge in [-0.15, -0.1) is 0 Å². The van der Waals surface area contributed by atoms with Crippen molar-refractivity contribution in [2.45, 2.75) is 12.0 Å². The van der Waals surface area contributed by atoms with Crippen molar-refractivity contribution in [3.05, 3.63) is 89.5 Å². The second-order valence-corrected chi connectivity index (χ2v) is 6.55. The number of carbonyl (C=O) groups is 2. The highest BCUT2D eigenvalue weighted by Gasteiger charge is 2.48. The van der Waals surface area contributed by atoms with E-state index in [4.69, 9.17) is 9.84 Å². The lowest BCUT2D eigenvalue weighted by atomic mass is 9.83. The molecule has 140 valence electrons. The van der Waals surface area contributed by atoms with Gasteiger partial charge in [0.1, 0.15) is 11.5 Å². The quantitative estimate of drug-likeness (QED) is 0.650. The van der Waals surface area contributed by atoms with Gasteiger partial charge in [0, 0.05) is 11.1 Å². The fourth-order valence-corrected chi connectivity index (χ4v) is 3.36. The molecule has 4 rings (SSSR count). The molecule has 3 aromatic rings. The van der Waals surface area contributed by atoms with E-state index >= 15 is 0 Å². The molecule has 6 nitrogen and oxygen atoms in total. The van der Waals surface area contributed by atoms with E-state index in [9.17, 15) is 14.7 Å². The number of amides is 1. The van der Waals surface area contributed by atoms with Crippen LogP contribution in [-0.4, -0.2) is 22.1 Å². The van der Waals surface area contributed by atoms with Crippen LogP contribution in [0.4, 0.5) is 5.69 Å². The van der Waals surface area contributed by atoms with Gasteiger partial charge < -0.3 is 20.3 Å². The minimum Gasteiger partial charge on any atom is -0.508 e. The number of rotatable bonds is 4. The fourth-order valence-electron chi connectivity index (χ4n) is 3.36. The number of hydrogen-bond acceptors (Lipinski definition) is 4. The zero-order valence-corrected chi connectivity index (χ0v) is 14.8. The number of phenolic OH excluding ortho intramolecular Hbond substituents is 1. The molecular weight excluding hydrogens is 358 g/mol. The number of nitrogens with one attached hydrogen (secondary N) is 1. The molecule has 0 bridgehead atoms. The molecule has 0 saturated heterocycles. The summed E-state index contributed by atoms with van der Waals surface area (Å²) in [5.41, 5.74) is 0.824. The Labute approximate surface area is 161 Å². The summed E-state index contributed by atoms with van der Waals surface area (Å²) >= 11 is 0. The summed E-state index contributed by atoms with van der Waals surface area (Å²) in [5, 5.41) is 21.5. The van der Waals surface area contributed by atoms with Crippen LogP contribution >= 0.6 is 0 Å². The molecule has 1 amide bonds. The maximum Gasteiger partial charge on any atom is 0.307 e. The van der Waals surface area contributed by atoms with Crippen molar-refractivity contribution in [2.24, 2.45) is 0 Å². The topological polar surface area (TPSA) is 95.9 Å². The largest absolute Gasteiger partial charge is 0.508 e. The van der Waals surface area contributed by atoms with Crippen LogP contribution in [0.3, 0.4) is 0 Å². The summed E-state index contributed by atoms with van der Waals surface area (Å²) < 4.78 is 6.25. The molecule has 1 unspecified atom stereocenters. The number of aromatic hydroxyl groups is 1. The fraction of sp³-hybridized carbons (Fsp3) is 0.0909. The average Bonchev–Trinajstić information content (AvgIpc) is 2.68. The molecular formula is C22H17NO5. The molecule has 6 heteroatoms. The summed E-state index contributed by atoms with van der Waals surface area (Å²) in [7, 11) is 0. The highest BCUT2D eigenvalue weighted by atomic mass is 16.5. The smallest absolute Gasteiger partial charge is 0.307 e. The normalized spacial score (nSPS) is 17.9. The van der Waals surface area contributed by atoms with Gasteiger partial charge in [-0.1, -0.05) is 48.5 Å². The molecule has 1 aliphatic rings. The van der Waals surface area contributed by atoms with E-state index in [1.807, 2.05) is 6.07 Å². The zero-order chi connectivity index (χ0) is 19.7. The number of carboxylic acid groups (broad SMARTS) is 1. The molecule has 0 spiro atoms. The molecule has 0 aromatic heterocycles. The highest BCUT2D eigenvalue weighted by Crippen LogP contribution is 2.43. The third-order valence-corrected chi connectivity index (χ3v) is 4.71. The van der Waals surface area contributed by atoms with Crippen molar-refractivity contribution in [3.8, 4) is 11.5 Å². The van der Waals surface area contributed by atoms with Gasteiger partial charge in [0.05, 0.1) is 12.1 Å². The Hall–Kier alpha value is -3.80. The second-order valence-electron chi connectivity index (χ2n) is 6.55. The van der Waals surface area contributed by atoms with Gasteiger partial charge in [-0.3, -0.25) is 9.59 Å². The first-order valence-corrected chi connectivity index (χ1v) is 8.69. The first kappa shape index (κ1) is 17.6. The van der Waals surface area contributed by atoms with E-state index in [1.165, 1.54) is 12.1 Å². The van der Waals surface area contributed by atoms with E-state index < -0.39 is 11.6 Å². The van der Waals surface area contributed by atoms with Crippen molar-refractivity contribution in [2.75, 3.05) is 5.32 Å². The van der Waals surface area contributed by atoms with E-state index in [1.54, 1.807) is 54.6 Å². The zero-order valence-electron chi connectivity index (χ0n) is 14.8. The maximum atomic E-state index is 13.2. The average molecular weight is 375 g/mol. The molecule has 1 aliphatic heterocycles. The van der Waals surface area contributed by atoms with Crippen LogP contribution < -0.4 is 10.1 Å². The van der Waals surface area contributed by atoms with Gasteiger partial charge in [0.25, 0.3) is 5.91 Å². The van der Waals surface area contributed by atoms with Crippen LogP contribution in [0.25, 0.3) is 0 Å². The number of hydrogen-bond donors (Lipinski definition) is 3. The standard InChI is InChI=1S/C22H17NO5/c24-17-11-9-16(10-12-17)22(15-7-5-14(6-8-15)13-20(25)26)21(27)23-18-3-1-2-4-19(18)28-22/h1-12,24H,13H2,(H,23,27)(H,25,26). The lowest BCUT2D eigenvalue weighted by molar-refractivity contribution is -0.136. The minimum atomic E-state index is -1.47. The number of phenols is 1. The van der Waals surface area contributed by atoms with Crippen LogP contribution in [-0.2, 0) is 21.6 Å². The molecule has 28 heavy (non-hydrogen) atoms. The maximum absolute atomic E-state index is 13.2. The monoisotopic (exact) mass is 375 g/mol. The summed E-state index contributed by atoms with van der Waals surface area (Å²) in [6.07, 6.45) is -0.109. The van der Waals surface area contributed by atoms with Crippen molar-refractivity contribution < 1.29 is 24.5 Å². The Balaban J connectivity index is 1.87. The van der Waals surface area contributed by atoms with Gasteiger partial charge >= 0.3 is 5.97 Å². The van der Waals surface area contributed by atoms with Gasteiger partial charge in [-0.25, -0.2) is 0 Å². The molecule has 3 aromatic carbocycles. The number of anilines is 1. The number of benzene rings is 3. The second kappa shape index (κ2) is 6.74. The van der Waals surface area contributed by atoms with E-state index in [2.05, 4.69) is 5.32 Å². The summed E-state index contributed by atoms with van der Waals surface area (Å²) in [5.74, 6) is -0.707. The van der Waals surface area contributed by atoms with Crippen LogP contribution in [0.15, 0.2) is 72.8 Å². The molecule has 0 fully saturated rings. The van der Waals surface area contributed by atoms with E-state index in [-0.39, 0.29) is 18.1 Å². The summed E-state index contributed by atoms with van der Waals surface area (Å²) in [6.45, 7) is 0. The summed E-state index contributed by atoms with van der Waals surface area (Å²) in [6, 6.07) is 20.1. The Morgan fingerprint density at radius 2 is 1.54 bits per heavy atom. The molecule has 3 N–H and O–H groups in total. The van der Waals surface area contributed by atoms with Crippen LogP contribution in [0.5, 0.6) is 11.5 Å². The number of fused-ring (bicyclic) bond motifs is 1. The SMILES string of the molecule is O=C(O)Cc1ccc(C2(c3ccc(O)cc3)Oc3ccccc3NC2=O)cc1. The number of para-hydroxylation sites is 2. The minimum absolute atomic E-state index is 0.0762. The molecule has 1 heterocycles. The first-order chi connectivity index (χ1) is 13.5. The molecule has 1 atom stereocenters. The highest BCUT2D eigenvalue weighted by molar-refractivity contribution is 6.03. The molecule has 0 saturated carbocycles. The van der Waals surface area contributed by atoms with Gasteiger partial charge in [-0.05, 0) is 29.8 Å². The third kappa shape index (κ3) is 2.95. The Bertz CT molecular complexity index is 1040. The Kier molecular flexibility index (Phi) is 4.24. The third-order valence-electron chi connectivity index (χ3n) is 4.71. The number of ether oxygens (including phenoxy) is 1. The van der Waals surface area contributed by atoms with Crippen molar-refractivity contribution >= 4 is 17.6 Å². The van der Waals surface area contributed by atoms with Gasteiger partial charge in [0.2, 0.25) is 5.60 Å². The van der Waals surface area contributed by atoms with E-state index in [0.717, 1.165) is 0 Å². The molecule has 0 radical (unpaired) electrons. The Morgan fingerprint density at radius 1 is 0.929 bits per heavy atom. The number of aliphatic carboxylic acids is 1. The lowest BCUT2D eigenvalue weighted by Gasteiger charge is -2.38. The van der Waals surface area contributed by atoms with Crippen molar-refractivity contribution in [1.29, 1.82) is 0 Å². The molecule has 0 aliphatic carbocycles. The van der Waals surface area contributed by atoms with Crippen LogP contribution in [0, 0.1) is 0 Å². The van der Waals surface area contributed by atoms with Crippen LogP contribution in [0.1, 0.15) is 16.7 Å². The first-order valence-electron chi connectivity index (χ1n) is 8.69. The number of carboxylic acids is 1. The van der Waals surface area contributed by atoms with Crippen LogP contribution in [0.2, 0.25) is 0 Å². The predicted molar refractivity (Wildman–Crippen MR) is 102 cm³/mol. The van der Waals surface area contributed by atoms with Crippen molar-refractivity contribution in [3.63, 3.8) is 0 Å². The van der Waals surface area contributed by atoms with Gasteiger partial charge in [0.15, 0.2) is 0 Å². The van der Waals surface area contributed by atoms with Crippen molar-refractivity contribution in [1.82, 2.24) is 0 Å². The lowest BCUT2D eigenvalue weighted by Crippen LogP contribution is -2.49.